The van der Waals surface area contributed by atoms with Crippen molar-refractivity contribution < 1.29 is 24.5 Å². The average molecular weight is 848 g/mol. The van der Waals surface area contributed by atoms with E-state index in [0.717, 1.165) is 51.4 Å². The summed E-state index contributed by atoms with van der Waals surface area (Å²) in [5.74, 6) is -0.485. The van der Waals surface area contributed by atoms with Crippen molar-refractivity contribution in [3.63, 3.8) is 0 Å². The molecule has 0 aliphatic carbocycles. The van der Waals surface area contributed by atoms with E-state index in [1.165, 1.54) is 199 Å². The van der Waals surface area contributed by atoms with E-state index in [4.69, 9.17) is 4.74 Å². The third-order valence-electron chi connectivity index (χ3n) is 12.6. The van der Waals surface area contributed by atoms with Gasteiger partial charge in [0.2, 0.25) is 5.91 Å². The molecule has 0 rings (SSSR count). The van der Waals surface area contributed by atoms with Crippen LogP contribution in [-0.2, 0) is 14.3 Å². The van der Waals surface area contributed by atoms with E-state index in [-0.39, 0.29) is 24.9 Å². The lowest BCUT2D eigenvalue weighted by Gasteiger charge is -2.24. The summed E-state index contributed by atoms with van der Waals surface area (Å²) >= 11 is 0. The second kappa shape index (κ2) is 48.6. The summed E-state index contributed by atoms with van der Waals surface area (Å²) in [7, 11) is 0. The van der Waals surface area contributed by atoms with Crippen LogP contribution in [0.5, 0.6) is 0 Å². The van der Waals surface area contributed by atoms with Gasteiger partial charge in [-0.05, 0) is 44.9 Å². The van der Waals surface area contributed by atoms with Crippen molar-refractivity contribution in [2.24, 2.45) is 0 Å². The molecule has 0 bridgehead atoms. The molecule has 0 aliphatic heterocycles. The molecule has 0 fully saturated rings. The zero-order valence-electron chi connectivity index (χ0n) is 40.6. The highest BCUT2D eigenvalue weighted by molar-refractivity contribution is 5.77. The second-order valence-corrected chi connectivity index (χ2v) is 18.6. The van der Waals surface area contributed by atoms with Crippen molar-refractivity contribution in [2.45, 2.75) is 315 Å². The fourth-order valence-electron chi connectivity index (χ4n) is 8.49. The van der Waals surface area contributed by atoms with Crippen molar-refractivity contribution in [2.75, 3.05) is 6.61 Å². The lowest BCUT2D eigenvalue weighted by Crippen LogP contribution is -2.46. The molecule has 0 aromatic rings. The average Bonchev–Trinajstić information content (AvgIpc) is 3.24. The Morgan fingerprint density at radius 3 is 1.22 bits per heavy atom. The van der Waals surface area contributed by atoms with Gasteiger partial charge in [-0.25, -0.2) is 0 Å². The van der Waals surface area contributed by atoms with Gasteiger partial charge in [0.25, 0.3) is 0 Å². The summed E-state index contributed by atoms with van der Waals surface area (Å²) in [6.07, 6.45) is 54.2. The quantitative estimate of drug-likeness (QED) is 0.0322. The van der Waals surface area contributed by atoms with Gasteiger partial charge in [-0.1, -0.05) is 251 Å². The van der Waals surface area contributed by atoms with E-state index in [9.17, 15) is 19.8 Å². The number of ether oxygens (including phenoxy) is 1. The zero-order chi connectivity index (χ0) is 43.8. The Labute approximate surface area is 374 Å². The summed E-state index contributed by atoms with van der Waals surface area (Å²) < 4.78 is 5.92. The van der Waals surface area contributed by atoms with Crippen molar-refractivity contribution >= 4 is 11.9 Å². The Hall–Kier alpha value is -1.40. The Morgan fingerprint density at radius 2 is 0.817 bits per heavy atom. The van der Waals surface area contributed by atoms with Crippen molar-refractivity contribution in [3.05, 3.63) is 12.2 Å². The summed E-state index contributed by atoms with van der Waals surface area (Å²) in [4.78, 5) is 26.1. The van der Waals surface area contributed by atoms with Gasteiger partial charge in [-0.15, -0.1) is 0 Å². The van der Waals surface area contributed by atoms with Gasteiger partial charge in [0.1, 0.15) is 6.10 Å². The molecule has 0 aliphatic rings. The van der Waals surface area contributed by atoms with Crippen molar-refractivity contribution in [1.82, 2.24) is 5.32 Å². The van der Waals surface area contributed by atoms with Gasteiger partial charge < -0.3 is 20.3 Å². The molecule has 0 spiro atoms. The van der Waals surface area contributed by atoms with Crippen LogP contribution in [0.1, 0.15) is 297 Å². The van der Waals surface area contributed by atoms with E-state index in [0.29, 0.717) is 19.3 Å². The number of hydrogen-bond acceptors (Lipinski definition) is 5. The molecule has 3 unspecified atom stereocenters. The van der Waals surface area contributed by atoms with E-state index >= 15 is 0 Å². The molecular weight excluding hydrogens is 743 g/mol. The second-order valence-electron chi connectivity index (χ2n) is 18.6. The first-order chi connectivity index (χ1) is 29.5. The fourth-order valence-corrected chi connectivity index (χ4v) is 8.49. The molecule has 6 nitrogen and oxygen atoms in total. The number of amides is 1. The van der Waals surface area contributed by atoms with Crippen LogP contribution < -0.4 is 5.32 Å². The predicted molar refractivity (Wildman–Crippen MR) is 260 cm³/mol. The SMILES string of the molecule is CCCCCCCCC/C=C\CCCC(CC(=O)NC(CO)C(O)CCCCCCCCCCCCCCCCC)OC(=O)CCCCCCCCCCCCCCCC. The van der Waals surface area contributed by atoms with Gasteiger partial charge in [-0.3, -0.25) is 9.59 Å². The molecule has 3 N–H and O–H groups in total. The van der Waals surface area contributed by atoms with Gasteiger partial charge in [0.15, 0.2) is 0 Å². The Bertz CT molecular complexity index is 909. The third kappa shape index (κ3) is 43.3. The van der Waals surface area contributed by atoms with Crippen LogP contribution in [0.3, 0.4) is 0 Å². The van der Waals surface area contributed by atoms with Gasteiger partial charge in [-0.2, -0.15) is 0 Å². The maximum Gasteiger partial charge on any atom is 0.306 e. The number of esters is 1. The van der Waals surface area contributed by atoms with E-state index in [2.05, 4.69) is 38.2 Å². The van der Waals surface area contributed by atoms with Crippen LogP contribution in [0.2, 0.25) is 0 Å². The van der Waals surface area contributed by atoms with E-state index in [1.807, 2.05) is 0 Å². The highest BCUT2D eigenvalue weighted by Crippen LogP contribution is 2.18. The lowest BCUT2D eigenvalue weighted by atomic mass is 10.0. The van der Waals surface area contributed by atoms with Crippen LogP contribution in [0.25, 0.3) is 0 Å². The number of aliphatic hydroxyl groups is 2. The summed E-state index contributed by atoms with van der Waals surface area (Å²) in [6, 6.07) is -0.703. The molecule has 0 heterocycles. The minimum absolute atomic E-state index is 0.0639. The molecule has 0 aromatic carbocycles. The van der Waals surface area contributed by atoms with E-state index < -0.39 is 18.2 Å². The molecule has 0 saturated carbocycles. The molecule has 3 atom stereocenters. The fraction of sp³-hybridized carbons (Fsp3) is 0.926. The van der Waals surface area contributed by atoms with E-state index in [1.54, 1.807) is 0 Å². The summed E-state index contributed by atoms with van der Waals surface area (Å²) in [5, 5.41) is 23.8. The van der Waals surface area contributed by atoms with Crippen molar-refractivity contribution in [3.8, 4) is 0 Å². The van der Waals surface area contributed by atoms with Gasteiger partial charge in [0, 0.05) is 6.42 Å². The largest absolute Gasteiger partial charge is 0.462 e. The minimum Gasteiger partial charge on any atom is -0.462 e. The summed E-state index contributed by atoms with van der Waals surface area (Å²) in [6.45, 7) is 6.50. The highest BCUT2D eigenvalue weighted by Gasteiger charge is 2.24. The first-order valence-corrected chi connectivity index (χ1v) is 26.9. The number of carbonyl (C=O) groups excluding carboxylic acids is 2. The normalized spacial score (nSPS) is 13.2. The number of carbonyl (C=O) groups is 2. The maximum absolute atomic E-state index is 13.2. The smallest absolute Gasteiger partial charge is 0.306 e. The minimum atomic E-state index is -0.788. The molecular formula is C54H105NO5. The highest BCUT2D eigenvalue weighted by atomic mass is 16.5. The predicted octanol–water partition coefficient (Wildman–Crippen LogP) is 16.1. The molecule has 0 saturated heterocycles. The maximum atomic E-state index is 13.2. The number of aliphatic hydroxyl groups excluding tert-OH is 2. The van der Waals surface area contributed by atoms with Crippen LogP contribution in [0.4, 0.5) is 0 Å². The van der Waals surface area contributed by atoms with Crippen LogP contribution in [0, 0.1) is 0 Å². The Kier molecular flexibility index (Phi) is 47.5. The third-order valence-corrected chi connectivity index (χ3v) is 12.6. The van der Waals surface area contributed by atoms with Gasteiger partial charge in [0.05, 0.1) is 25.2 Å². The zero-order valence-corrected chi connectivity index (χ0v) is 40.6. The molecule has 60 heavy (non-hydrogen) atoms. The topological polar surface area (TPSA) is 95.9 Å². The molecule has 356 valence electrons. The monoisotopic (exact) mass is 848 g/mol. The number of hydrogen-bond donors (Lipinski definition) is 3. The van der Waals surface area contributed by atoms with Gasteiger partial charge >= 0.3 is 5.97 Å². The molecule has 0 radical (unpaired) electrons. The number of rotatable bonds is 49. The summed E-state index contributed by atoms with van der Waals surface area (Å²) in [5.41, 5.74) is 0. The van der Waals surface area contributed by atoms with Crippen LogP contribution in [-0.4, -0.2) is 46.9 Å². The standard InChI is InChI=1S/C54H105NO5/c1-4-7-10-13-16-19-22-25-27-28-31-34-37-40-43-46-52(57)51(49-56)55-53(58)48-50(45-42-39-36-33-30-24-21-18-15-12-9-6-3)60-54(59)47-44-41-38-35-32-29-26-23-20-17-14-11-8-5-2/h33,36,50-52,56-57H,4-32,34-35,37-49H2,1-3H3,(H,55,58)/b36-33-. The number of allylic oxidation sites excluding steroid dienone is 2. The first kappa shape index (κ1) is 58.6. The first-order valence-electron chi connectivity index (χ1n) is 26.9. The number of unbranched alkanes of at least 4 members (excludes halogenated alkanes) is 35. The number of nitrogens with one attached hydrogen (secondary N) is 1. The van der Waals surface area contributed by atoms with Crippen LogP contribution >= 0.6 is 0 Å². The van der Waals surface area contributed by atoms with Crippen LogP contribution in [0.15, 0.2) is 12.2 Å². The molecule has 1 amide bonds. The lowest BCUT2D eigenvalue weighted by molar-refractivity contribution is -0.151. The Morgan fingerprint density at radius 1 is 0.467 bits per heavy atom. The molecule has 0 aromatic heterocycles. The molecule has 6 heteroatoms. The Balaban J connectivity index is 4.51. The van der Waals surface area contributed by atoms with Crippen molar-refractivity contribution in [1.29, 1.82) is 0 Å².